The summed E-state index contributed by atoms with van der Waals surface area (Å²) in [6, 6.07) is 11.5. The molecular weight excluding hydrogens is 352 g/mol. The van der Waals surface area contributed by atoms with Gasteiger partial charge in [-0.25, -0.2) is 4.79 Å². The molecule has 27 heavy (non-hydrogen) atoms. The predicted octanol–water partition coefficient (Wildman–Crippen LogP) is 3.11. The van der Waals surface area contributed by atoms with Crippen molar-refractivity contribution >= 4 is 29.3 Å². The molecule has 0 bridgehead atoms. The van der Waals surface area contributed by atoms with Gasteiger partial charge in [-0.2, -0.15) is 0 Å². The Balaban J connectivity index is 1.94. The van der Waals surface area contributed by atoms with Gasteiger partial charge in [-0.15, -0.1) is 0 Å². The molecule has 140 valence electrons. The normalized spacial score (nSPS) is 10.4. The van der Waals surface area contributed by atoms with Crippen molar-refractivity contribution < 1.29 is 24.0 Å². The fourth-order valence-corrected chi connectivity index (χ4v) is 2.20. The van der Waals surface area contributed by atoms with Crippen LogP contribution >= 0.6 is 0 Å². The monoisotopic (exact) mass is 370 g/mol. The maximum atomic E-state index is 11.9. The van der Waals surface area contributed by atoms with Gasteiger partial charge in [0.05, 0.1) is 18.1 Å². The van der Waals surface area contributed by atoms with Crippen LogP contribution in [0.2, 0.25) is 0 Å². The number of ether oxygens (including phenoxy) is 2. The molecule has 0 aliphatic carbocycles. The second kappa shape index (κ2) is 9.14. The summed E-state index contributed by atoms with van der Waals surface area (Å²) < 4.78 is 9.77. The largest absolute Gasteiger partial charge is 0.496 e. The summed E-state index contributed by atoms with van der Waals surface area (Å²) in [6.07, 6.45) is 2.80. The minimum atomic E-state index is -0.697. The number of amides is 1. The molecule has 0 saturated heterocycles. The zero-order valence-corrected chi connectivity index (χ0v) is 14.8. The Labute approximate surface area is 155 Å². The van der Waals surface area contributed by atoms with Crippen molar-refractivity contribution in [3.05, 3.63) is 69.8 Å². The second-order valence-corrected chi connectivity index (χ2v) is 5.49. The maximum absolute atomic E-state index is 11.9. The number of hydrogen-bond acceptors (Lipinski definition) is 6. The van der Waals surface area contributed by atoms with E-state index in [1.807, 2.05) is 31.2 Å². The number of esters is 1. The maximum Gasteiger partial charge on any atom is 0.331 e. The fraction of sp³-hybridized carbons (Fsp3) is 0.158. The van der Waals surface area contributed by atoms with Crippen molar-refractivity contribution in [2.45, 2.75) is 6.92 Å². The minimum Gasteiger partial charge on any atom is -0.496 e. The van der Waals surface area contributed by atoms with Crippen LogP contribution in [0.25, 0.3) is 6.08 Å². The average molecular weight is 370 g/mol. The summed E-state index contributed by atoms with van der Waals surface area (Å²) in [5.41, 5.74) is 1.50. The summed E-state index contributed by atoms with van der Waals surface area (Å²) >= 11 is 0. The summed E-state index contributed by atoms with van der Waals surface area (Å²) in [6.45, 7) is 1.33. The molecule has 0 heterocycles. The van der Waals surface area contributed by atoms with E-state index in [-0.39, 0.29) is 17.1 Å². The van der Waals surface area contributed by atoms with Crippen molar-refractivity contribution in [3.8, 4) is 5.75 Å². The van der Waals surface area contributed by atoms with Gasteiger partial charge in [-0.3, -0.25) is 14.9 Å². The number of carbonyl (C=O) groups excluding carboxylic acids is 2. The van der Waals surface area contributed by atoms with Crippen LogP contribution in [0.4, 0.5) is 11.4 Å². The van der Waals surface area contributed by atoms with Crippen molar-refractivity contribution in [2.24, 2.45) is 0 Å². The molecule has 2 aromatic rings. The van der Waals surface area contributed by atoms with Gasteiger partial charge in [0.15, 0.2) is 6.61 Å². The molecule has 1 N–H and O–H groups in total. The van der Waals surface area contributed by atoms with E-state index in [0.29, 0.717) is 0 Å². The number of anilines is 1. The second-order valence-electron chi connectivity index (χ2n) is 5.49. The molecule has 0 aliphatic heterocycles. The Morgan fingerprint density at radius 1 is 1.22 bits per heavy atom. The first kappa shape index (κ1) is 19.6. The molecule has 1 amide bonds. The van der Waals surface area contributed by atoms with Gasteiger partial charge in [0.2, 0.25) is 0 Å². The Kier molecular flexibility index (Phi) is 6.65. The zero-order chi connectivity index (χ0) is 19.8. The van der Waals surface area contributed by atoms with E-state index in [0.717, 1.165) is 11.1 Å². The first-order valence-corrected chi connectivity index (χ1v) is 7.93. The van der Waals surface area contributed by atoms with Gasteiger partial charge >= 0.3 is 5.97 Å². The number of nitrogens with one attached hydrogen (secondary N) is 1. The van der Waals surface area contributed by atoms with E-state index in [1.165, 1.54) is 31.4 Å². The fourth-order valence-electron chi connectivity index (χ4n) is 2.20. The lowest BCUT2D eigenvalue weighted by Crippen LogP contribution is -2.20. The van der Waals surface area contributed by atoms with Crippen molar-refractivity contribution in [3.63, 3.8) is 0 Å². The van der Waals surface area contributed by atoms with E-state index in [2.05, 4.69) is 5.32 Å². The molecule has 0 unspecified atom stereocenters. The third-order valence-corrected chi connectivity index (χ3v) is 3.61. The number of methoxy groups -OCH3 is 1. The molecule has 0 atom stereocenters. The number of rotatable bonds is 7. The van der Waals surface area contributed by atoms with E-state index in [4.69, 9.17) is 9.47 Å². The van der Waals surface area contributed by atoms with Crippen molar-refractivity contribution in [1.29, 1.82) is 0 Å². The highest BCUT2D eigenvalue weighted by molar-refractivity contribution is 5.96. The van der Waals surface area contributed by atoms with Crippen LogP contribution < -0.4 is 10.1 Å². The molecule has 0 radical (unpaired) electrons. The van der Waals surface area contributed by atoms with Crippen molar-refractivity contribution in [2.75, 3.05) is 19.0 Å². The smallest absolute Gasteiger partial charge is 0.331 e. The Morgan fingerprint density at radius 2 is 1.96 bits per heavy atom. The highest BCUT2D eigenvalue weighted by atomic mass is 16.6. The lowest BCUT2D eigenvalue weighted by atomic mass is 10.1. The molecule has 0 aromatic heterocycles. The topological polar surface area (TPSA) is 108 Å². The number of hydrogen-bond donors (Lipinski definition) is 1. The van der Waals surface area contributed by atoms with Crippen LogP contribution in [-0.2, 0) is 14.3 Å². The summed E-state index contributed by atoms with van der Waals surface area (Å²) in [4.78, 5) is 34.1. The number of nitrogens with zero attached hydrogens (tertiary/aromatic N) is 1. The highest BCUT2D eigenvalue weighted by Gasteiger charge is 2.17. The lowest BCUT2D eigenvalue weighted by molar-refractivity contribution is -0.384. The number of nitro groups is 1. The van der Waals surface area contributed by atoms with Crippen molar-refractivity contribution in [1.82, 2.24) is 0 Å². The Hall–Kier alpha value is -3.68. The molecule has 0 aliphatic rings. The van der Waals surface area contributed by atoms with Crippen LogP contribution in [0.1, 0.15) is 11.1 Å². The Morgan fingerprint density at radius 3 is 2.63 bits per heavy atom. The number of nitro benzene ring substituents is 1. The molecule has 8 nitrogen and oxygen atoms in total. The zero-order valence-electron chi connectivity index (χ0n) is 14.8. The van der Waals surface area contributed by atoms with E-state index in [1.54, 1.807) is 6.08 Å². The van der Waals surface area contributed by atoms with Gasteiger partial charge in [-0.1, -0.05) is 24.3 Å². The molecular formula is C19H18N2O6. The molecule has 2 rings (SSSR count). The number of carbonyl (C=O) groups is 2. The summed E-state index contributed by atoms with van der Waals surface area (Å²) in [7, 11) is 1.38. The average Bonchev–Trinajstić information content (AvgIpc) is 2.65. The summed E-state index contributed by atoms with van der Waals surface area (Å²) in [5, 5.41) is 13.4. The quantitative estimate of drug-likeness (QED) is 0.347. The van der Waals surface area contributed by atoms with Gasteiger partial charge < -0.3 is 14.8 Å². The molecule has 0 saturated carbocycles. The summed E-state index contributed by atoms with van der Waals surface area (Å²) in [5.74, 6) is -1.11. The van der Waals surface area contributed by atoms with Crippen LogP contribution in [0.5, 0.6) is 5.75 Å². The molecule has 2 aromatic carbocycles. The first-order chi connectivity index (χ1) is 12.9. The van der Waals surface area contributed by atoms with Gasteiger partial charge in [0.25, 0.3) is 11.6 Å². The van der Waals surface area contributed by atoms with Crippen LogP contribution in [0, 0.1) is 17.0 Å². The standard InChI is InChI=1S/C19H18N2O6/c1-13-5-3-4-6-14(13)7-10-19(23)27-12-18(22)20-16-9-8-15(26-2)11-17(16)21(24)25/h3-11H,12H2,1-2H3,(H,20,22)/b10-7+. The molecule has 0 fully saturated rings. The molecule has 0 spiro atoms. The third kappa shape index (κ3) is 5.67. The third-order valence-electron chi connectivity index (χ3n) is 3.61. The Bertz CT molecular complexity index is 892. The highest BCUT2D eigenvalue weighted by Crippen LogP contribution is 2.28. The van der Waals surface area contributed by atoms with Gasteiger partial charge in [0, 0.05) is 6.08 Å². The van der Waals surface area contributed by atoms with E-state index >= 15 is 0 Å². The predicted molar refractivity (Wildman–Crippen MR) is 99.5 cm³/mol. The number of aryl methyl sites for hydroxylation is 1. The van der Waals surface area contributed by atoms with Crippen LogP contribution in [-0.4, -0.2) is 30.5 Å². The van der Waals surface area contributed by atoms with Gasteiger partial charge in [-0.05, 0) is 36.3 Å². The van der Waals surface area contributed by atoms with Gasteiger partial charge in [0.1, 0.15) is 11.4 Å². The molecule has 8 heteroatoms. The van der Waals surface area contributed by atoms with Crippen LogP contribution in [0.15, 0.2) is 48.5 Å². The van der Waals surface area contributed by atoms with Crippen LogP contribution in [0.3, 0.4) is 0 Å². The SMILES string of the molecule is COc1ccc(NC(=O)COC(=O)/C=C/c2ccccc2C)c([N+](=O)[O-])c1. The minimum absolute atomic E-state index is 0.0164. The van der Waals surface area contributed by atoms with E-state index in [9.17, 15) is 19.7 Å². The lowest BCUT2D eigenvalue weighted by Gasteiger charge is -2.07. The first-order valence-electron chi connectivity index (χ1n) is 7.93. The van der Waals surface area contributed by atoms with E-state index < -0.39 is 23.4 Å². The number of benzene rings is 2.